The van der Waals surface area contributed by atoms with Gasteiger partial charge < -0.3 is 15.1 Å². The molecule has 3 aromatic rings. The molecule has 1 saturated carbocycles. The molecule has 0 spiro atoms. The fourth-order valence-corrected chi connectivity index (χ4v) is 8.47. The number of halogens is 2. The Balaban J connectivity index is 1.17. The van der Waals surface area contributed by atoms with E-state index in [9.17, 15) is 4.79 Å². The van der Waals surface area contributed by atoms with Crippen molar-refractivity contribution < 1.29 is 4.79 Å². The number of hydrogen-bond acceptors (Lipinski definition) is 5. The van der Waals surface area contributed by atoms with E-state index in [1.807, 2.05) is 48.5 Å². The number of hydrogen-bond donors (Lipinski definition) is 2. The number of likely N-dealkylation sites (tertiary alicyclic amines) is 1. The first-order valence-electron chi connectivity index (χ1n) is 16.2. The average Bonchev–Trinajstić information content (AvgIpc) is 3.63. The van der Waals surface area contributed by atoms with E-state index in [2.05, 4.69) is 40.6 Å². The number of carbonyl (C=O) groups is 1. The highest BCUT2D eigenvalue weighted by atomic mass is 35.5. The van der Waals surface area contributed by atoms with Gasteiger partial charge in [0.2, 0.25) is 5.91 Å². The van der Waals surface area contributed by atoms with E-state index in [1.165, 1.54) is 38.5 Å². The number of aromatic nitrogens is 1. The van der Waals surface area contributed by atoms with Crippen LogP contribution in [0.4, 0.5) is 5.69 Å². The smallest absolute Gasteiger partial charge is 0.227 e. The first kappa shape index (κ1) is 31.8. The minimum atomic E-state index is 0.154. The lowest BCUT2D eigenvalue weighted by Gasteiger charge is -2.32. The van der Waals surface area contributed by atoms with Gasteiger partial charge in [-0.2, -0.15) is 0 Å². The molecule has 6 rings (SSSR count). The summed E-state index contributed by atoms with van der Waals surface area (Å²) in [5.41, 5.74) is 4.29. The Labute approximate surface area is 277 Å². The molecule has 3 aliphatic rings. The van der Waals surface area contributed by atoms with Gasteiger partial charge in [-0.1, -0.05) is 92.9 Å². The van der Waals surface area contributed by atoms with Gasteiger partial charge in [-0.3, -0.25) is 13.7 Å². The minimum Gasteiger partial charge on any atom is -0.343 e. The lowest BCUT2D eigenvalue weighted by atomic mass is 9.85. The molecular formula is C35H45Cl2N5OS. The number of amides is 1. The molecule has 3 fully saturated rings. The minimum absolute atomic E-state index is 0.154. The van der Waals surface area contributed by atoms with Crippen molar-refractivity contribution in [1.82, 2.24) is 19.1 Å². The zero-order chi connectivity index (χ0) is 30.8. The number of rotatable bonds is 9. The summed E-state index contributed by atoms with van der Waals surface area (Å²) in [6.07, 6.45) is 12.4. The molecule has 1 N–H and O–H groups in total. The molecule has 6 nitrogen and oxygen atoms in total. The summed E-state index contributed by atoms with van der Waals surface area (Å²) in [6.45, 7) is 9.33. The number of nitrogens with zero attached hydrogens (tertiary/aromatic N) is 4. The molecule has 2 unspecified atom stereocenters. The lowest BCUT2D eigenvalue weighted by molar-refractivity contribution is -0.131. The van der Waals surface area contributed by atoms with E-state index >= 15 is 0 Å². The molecule has 2 aliphatic heterocycles. The monoisotopic (exact) mass is 653 g/mol. The topological polar surface area (TPSA) is 43.8 Å². The van der Waals surface area contributed by atoms with E-state index in [-0.39, 0.29) is 12.3 Å². The highest BCUT2D eigenvalue weighted by Crippen LogP contribution is 2.38. The van der Waals surface area contributed by atoms with Crippen molar-refractivity contribution in [2.45, 2.75) is 69.9 Å². The zero-order valence-corrected chi connectivity index (χ0v) is 28.2. The molecule has 9 heteroatoms. The van der Waals surface area contributed by atoms with E-state index in [1.54, 1.807) is 3.97 Å². The van der Waals surface area contributed by atoms with Gasteiger partial charge >= 0.3 is 0 Å². The molecule has 1 amide bonds. The molecule has 3 heterocycles. The van der Waals surface area contributed by atoms with Crippen molar-refractivity contribution >= 4 is 64.2 Å². The Kier molecular flexibility index (Phi) is 10.2. The highest BCUT2D eigenvalue weighted by Gasteiger charge is 2.38. The lowest BCUT2D eigenvalue weighted by Crippen LogP contribution is -2.49. The summed E-state index contributed by atoms with van der Waals surface area (Å²) < 4.78 is 1.81. The Morgan fingerprint density at radius 1 is 1.07 bits per heavy atom. The van der Waals surface area contributed by atoms with Gasteiger partial charge in [0, 0.05) is 79.7 Å². The van der Waals surface area contributed by atoms with Crippen LogP contribution in [0.2, 0.25) is 10.0 Å². The number of para-hydroxylation sites is 1. The highest BCUT2D eigenvalue weighted by molar-refractivity contribution is 7.78. The summed E-state index contributed by atoms with van der Waals surface area (Å²) in [4.78, 5) is 20.7. The van der Waals surface area contributed by atoms with Crippen LogP contribution in [0.25, 0.3) is 16.6 Å². The molecule has 0 radical (unpaired) electrons. The number of nitrogens with one attached hydrogen (secondary N) is 1. The predicted octanol–water partition coefficient (Wildman–Crippen LogP) is 7.53. The first-order chi connectivity index (χ1) is 21.3. The van der Waals surface area contributed by atoms with Crippen LogP contribution in [0.15, 0.2) is 49.2 Å². The van der Waals surface area contributed by atoms with Crippen LogP contribution in [0.3, 0.4) is 0 Å². The largest absolute Gasteiger partial charge is 0.343 e. The van der Waals surface area contributed by atoms with Gasteiger partial charge in [0.25, 0.3) is 0 Å². The summed E-state index contributed by atoms with van der Waals surface area (Å²) in [6, 6.07) is 12.6. The summed E-state index contributed by atoms with van der Waals surface area (Å²) in [5, 5.41) is 5.62. The summed E-state index contributed by atoms with van der Waals surface area (Å²) >= 11 is 18.4. The molecule has 44 heavy (non-hydrogen) atoms. The number of carbonyl (C=O) groups excluding carboxylic acids is 1. The Morgan fingerprint density at radius 3 is 2.59 bits per heavy atom. The van der Waals surface area contributed by atoms with Gasteiger partial charge in [0.1, 0.15) is 0 Å². The van der Waals surface area contributed by atoms with E-state index in [4.69, 9.17) is 23.2 Å². The third-order valence-electron chi connectivity index (χ3n) is 10.2. The molecule has 2 aromatic carbocycles. The second kappa shape index (κ2) is 14.1. The number of anilines is 1. The van der Waals surface area contributed by atoms with Crippen molar-refractivity contribution in [2.24, 2.45) is 5.92 Å². The molecule has 2 atom stereocenters. The van der Waals surface area contributed by atoms with Crippen LogP contribution in [0.5, 0.6) is 0 Å². The van der Waals surface area contributed by atoms with Crippen LogP contribution >= 0.6 is 36.0 Å². The van der Waals surface area contributed by atoms with Gasteiger partial charge in [-0.25, -0.2) is 0 Å². The van der Waals surface area contributed by atoms with E-state index < -0.39 is 0 Å². The zero-order valence-electron chi connectivity index (χ0n) is 25.8. The maximum Gasteiger partial charge on any atom is 0.227 e. The van der Waals surface area contributed by atoms with Gasteiger partial charge in [-0.15, -0.1) is 0 Å². The Bertz CT molecular complexity index is 1500. The van der Waals surface area contributed by atoms with Gasteiger partial charge in [-0.05, 0) is 48.9 Å². The maximum absolute atomic E-state index is 14.0. The van der Waals surface area contributed by atoms with Crippen molar-refractivity contribution in [3.63, 3.8) is 0 Å². The van der Waals surface area contributed by atoms with Crippen LogP contribution in [-0.2, 0) is 11.2 Å². The molecular weight excluding hydrogens is 609 g/mol. The standard InChI is InChI=1S/C35H45Cl2N5OS/c1-24(30-23-42(44)33-11-7-6-10-29(30)33)39(2)34-21-31(36)26(18-32(34)37)19-35(43)41-22-28(40-16-14-38-15-17-40)20-27(41)13-12-25-8-4-3-5-9-25/h6-7,10-11,18,21,23,25,27-28,38,44H,1,3-5,8-9,12-17,19-20,22H2,2H3. The molecule has 1 aliphatic carbocycles. The number of piperazine rings is 1. The molecule has 2 saturated heterocycles. The Hall–Kier alpha value is -2.16. The van der Waals surface area contributed by atoms with Crippen LogP contribution in [0.1, 0.15) is 62.5 Å². The van der Waals surface area contributed by atoms with E-state index in [0.29, 0.717) is 22.1 Å². The van der Waals surface area contributed by atoms with Crippen molar-refractivity contribution in [2.75, 3.05) is 44.7 Å². The quantitative estimate of drug-likeness (QED) is 0.234. The first-order valence-corrected chi connectivity index (χ1v) is 17.4. The van der Waals surface area contributed by atoms with Crippen molar-refractivity contribution in [3.8, 4) is 0 Å². The average molecular weight is 655 g/mol. The second-order valence-electron chi connectivity index (χ2n) is 12.9. The number of fused-ring (bicyclic) bond motifs is 1. The normalized spacial score (nSPS) is 21.7. The van der Waals surface area contributed by atoms with Crippen molar-refractivity contribution in [3.05, 3.63) is 70.3 Å². The van der Waals surface area contributed by atoms with Gasteiger partial charge in [0.05, 0.1) is 22.6 Å². The number of benzene rings is 2. The summed E-state index contributed by atoms with van der Waals surface area (Å²) in [7, 11) is 1.94. The molecule has 1 aromatic heterocycles. The van der Waals surface area contributed by atoms with E-state index in [0.717, 1.165) is 84.9 Å². The van der Waals surface area contributed by atoms with Crippen LogP contribution < -0.4 is 10.2 Å². The SMILES string of the molecule is C=C(c1cn(S)c2ccccc12)N(C)c1cc(Cl)c(CC(=O)N2CC(N3CCNCC3)CC2CCC2CCCCC2)cc1Cl. The van der Waals surface area contributed by atoms with Crippen molar-refractivity contribution in [1.29, 1.82) is 0 Å². The molecule has 0 bridgehead atoms. The Morgan fingerprint density at radius 2 is 1.82 bits per heavy atom. The van der Waals surface area contributed by atoms with Gasteiger partial charge in [0.15, 0.2) is 0 Å². The number of thiol groups is 1. The predicted molar refractivity (Wildman–Crippen MR) is 188 cm³/mol. The third kappa shape index (κ3) is 6.82. The second-order valence-corrected chi connectivity index (χ2v) is 14.2. The molecule has 236 valence electrons. The fraction of sp³-hybridized carbons (Fsp3) is 0.514. The summed E-state index contributed by atoms with van der Waals surface area (Å²) in [5.74, 6) is 0.970. The van der Waals surface area contributed by atoms with Crippen LogP contribution in [0, 0.1) is 5.92 Å². The van der Waals surface area contributed by atoms with Crippen LogP contribution in [-0.4, -0.2) is 71.5 Å². The fourth-order valence-electron chi connectivity index (χ4n) is 7.64. The maximum atomic E-state index is 14.0. The third-order valence-corrected chi connectivity index (χ3v) is 11.2.